The SMILES string of the molecule is COc1ccc(S(=O)(=O)c2cnc3ccc(F)cc3c2Cl)cc1. The Balaban J connectivity index is 2.19. The average molecular weight is 352 g/mol. The van der Waals surface area contributed by atoms with Gasteiger partial charge < -0.3 is 4.74 Å². The van der Waals surface area contributed by atoms with E-state index < -0.39 is 15.7 Å². The minimum atomic E-state index is -3.87. The highest BCUT2D eigenvalue weighted by Gasteiger charge is 2.23. The summed E-state index contributed by atoms with van der Waals surface area (Å²) in [6.45, 7) is 0. The van der Waals surface area contributed by atoms with E-state index in [-0.39, 0.29) is 20.2 Å². The van der Waals surface area contributed by atoms with Gasteiger partial charge in [0.2, 0.25) is 9.84 Å². The van der Waals surface area contributed by atoms with Gasteiger partial charge in [0.25, 0.3) is 0 Å². The van der Waals surface area contributed by atoms with Crippen molar-refractivity contribution in [2.75, 3.05) is 7.11 Å². The molecule has 1 heterocycles. The van der Waals surface area contributed by atoms with Gasteiger partial charge in [-0.1, -0.05) is 11.6 Å². The molecule has 0 amide bonds. The minimum Gasteiger partial charge on any atom is -0.497 e. The molecular weight excluding hydrogens is 341 g/mol. The van der Waals surface area contributed by atoms with Crippen LogP contribution in [0.5, 0.6) is 5.75 Å². The molecule has 0 unspecified atom stereocenters. The summed E-state index contributed by atoms with van der Waals surface area (Å²) in [5, 5.41) is 0.201. The van der Waals surface area contributed by atoms with Gasteiger partial charge >= 0.3 is 0 Å². The van der Waals surface area contributed by atoms with E-state index in [1.165, 1.54) is 49.7 Å². The van der Waals surface area contributed by atoms with Crippen molar-refractivity contribution in [3.8, 4) is 5.75 Å². The van der Waals surface area contributed by atoms with Gasteiger partial charge in [-0.05, 0) is 42.5 Å². The van der Waals surface area contributed by atoms with Crippen LogP contribution in [0.4, 0.5) is 4.39 Å². The van der Waals surface area contributed by atoms with Crippen LogP contribution in [0.2, 0.25) is 5.02 Å². The lowest BCUT2D eigenvalue weighted by Crippen LogP contribution is -2.04. The van der Waals surface area contributed by atoms with Gasteiger partial charge in [-0.3, -0.25) is 4.98 Å². The Morgan fingerprint density at radius 1 is 1.13 bits per heavy atom. The standard InChI is InChI=1S/C16H11ClFNO3S/c1-22-11-3-5-12(6-4-11)23(20,21)15-9-19-14-7-2-10(18)8-13(14)16(15)17/h2-9H,1H3. The number of hydrogen-bond donors (Lipinski definition) is 0. The smallest absolute Gasteiger partial charge is 0.209 e. The van der Waals surface area contributed by atoms with E-state index in [1.54, 1.807) is 0 Å². The number of hydrogen-bond acceptors (Lipinski definition) is 4. The molecule has 0 radical (unpaired) electrons. The van der Waals surface area contributed by atoms with E-state index in [4.69, 9.17) is 16.3 Å². The first kappa shape index (κ1) is 15.7. The number of rotatable bonds is 3. The fourth-order valence-corrected chi connectivity index (χ4v) is 3.97. The van der Waals surface area contributed by atoms with Crippen molar-refractivity contribution in [1.82, 2.24) is 4.98 Å². The molecular formula is C16H11ClFNO3S. The van der Waals surface area contributed by atoms with Crippen LogP contribution >= 0.6 is 11.6 Å². The molecule has 0 saturated carbocycles. The van der Waals surface area contributed by atoms with Gasteiger partial charge in [-0.15, -0.1) is 0 Å². The molecule has 0 aliphatic rings. The molecule has 1 aromatic heterocycles. The summed E-state index contributed by atoms with van der Waals surface area (Å²) in [7, 11) is -2.38. The first-order valence-corrected chi connectivity index (χ1v) is 8.42. The number of aromatic nitrogens is 1. The van der Waals surface area contributed by atoms with Crippen molar-refractivity contribution in [3.63, 3.8) is 0 Å². The highest BCUT2D eigenvalue weighted by molar-refractivity contribution is 7.91. The highest BCUT2D eigenvalue weighted by Crippen LogP contribution is 2.33. The normalized spacial score (nSPS) is 11.6. The van der Waals surface area contributed by atoms with E-state index in [9.17, 15) is 12.8 Å². The van der Waals surface area contributed by atoms with Crippen molar-refractivity contribution >= 4 is 32.3 Å². The predicted molar refractivity (Wildman–Crippen MR) is 85.2 cm³/mol. The number of halogens is 2. The summed E-state index contributed by atoms with van der Waals surface area (Å²) in [5.41, 5.74) is 0.421. The maximum absolute atomic E-state index is 13.4. The first-order chi connectivity index (χ1) is 10.9. The van der Waals surface area contributed by atoms with Crippen molar-refractivity contribution in [2.24, 2.45) is 0 Å². The van der Waals surface area contributed by atoms with Gasteiger partial charge in [0.15, 0.2) is 0 Å². The van der Waals surface area contributed by atoms with Crippen LogP contribution in [-0.4, -0.2) is 20.5 Å². The molecule has 0 N–H and O–H groups in total. The summed E-state index contributed by atoms with van der Waals surface area (Å²) in [6, 6.07) is 9.76. The van der Waals surface area contributed by atoms with Crippen LogP contribution in [0.1, 0.15) is 0 Å². The summed E-state index contributed by atoms with van der Waals surface area (Å²) in [5.74, 6) is 0.0222. The van der Waals surface area contributed by atoms with Crippen molar-refractivity contribution in [1.29, 1.82) is 0 Å². The van der Waals surface area contributed by atoms with Gasteiger partial charge in [0.1, 0.15) is 16.5 Å². The molecule has 4 nitrogen and oxygen atoms in total. The van der Waals surface area contributed by atoms with Gasteiger partial charge in [0, 0.05) is 11.6 Å². The van der Waals surface area contributed by atoms with E-state index in [0.29, 0.717) is 11.3 Å². The molecule has 0 aliphatic carbocycles. The Morgan fingerprint density at radius 3 is 2.48 bits per heavy atom. The second-order valence-corrected chi connectivity index (χ2v) is 7.07. The van der Waals surface area contributed by atoms with Gasteiger partial charge in [-0.25, -0.2) is 12.8 Å². The molecule has 3 rings (SSSR count). The number of methoxy groups -OCH3 is 1. The molecule has 0 saturated heterocycles. The van der Waals surface area contributed by atoms with E-state index in [1.807, 2.05) is 0 Å². The van der Waals surface area contributed by atoms with Crippen LogP contribution in [0.15, 0.2) is 58.5 Å². The highest BCUT2D eigenvalue weighted by atomic mass is 35.5. The number of nitrogens with zero attached hydrogens (tertiary/aromatic N) is 1. The zero-order chi connectivity index (χ0) is 16.6. The molecule has 2 aromatic carbocycles. The maximum atomic E-state index is 13.4. The predicted octanol–water partition coefficient (Wildman–Crippen LogP) is 3.87. The largest absolute Gasteiger partial charge is 0.497 e. The molecule has 7 heteroatoms. The molecule has 118 valence electrons. The third-order valence-corrected chi connectivity index (χ3v) is 5.69. The third kappa shape index (κ3) is 2.75. The second-order valence-electron chi connectivity index (χ2n) is 4.78. The average Bonchev–Trinajstić information content (AvgIpc) is 2.55. The Morgan fingerprint density at radius 2 is 1.83 bits per heavy atom. The van der Waals surface area contributed by atoms with E-state index >= 15 is 0 Å². The molecule has 0 atom stereocenters. The number of ether oxygens (including phenoxy) is 1. The van der Waals surface area contributed by atoms with Crippen LogP contribution < -0.4 is 4.74 Å². The molecule has 0 aliphatic heterocycles. The molecule has 23 heavy (non-hydrogen) atoms. The third-order valence-electron chi connectivity index (χ3n) is 3.39. The molecule has 0 spiro atoms. The fraction of sp³-hybridized carbons (Fsp3) is 0.0625. The van der Waals surface area contributed by atoms with Crippen molar-refractivity contribution in [3.05, 3.63) is 59.5 Å². The molecule has 3 aromatic rings. The maximum Gasteiger partial charge on any atom is 0.209 e. The monoisotopic (exact) mass is 351 g/mol. The van der Waals surface area contributed by atoms with Crippen LogP contribution in [0.3, 0.4) is 0 Å². The van der Waals surface area contributed by atoms with E-state index in [2.05, 4.69) is 4.98 Å². The van der Waals surface area contributed by atoms with Crippen molar-refractivity contribution < 1.29 is 17.5 Å². The Hall–Kier alpha value is -2.18. The topological polar surface area (TPSA) is 56.3 Å². The van der Waals surface area contributed by atoms with Gasteiger partial charge in [-0.2, -0.15) is 0 Å². The lowest BCUT2D eigenvalue weighted by molar-refractivity contribution is 0.414. The van der Waals surface area contributed by atoms with Crippen LogP contribution in [-0.2, 0) is 9.84 Å². The Kier molecular flexibility index (Phi) is 3.95. The quantitative estimate of drug-likeness (QED) is 0.718. The molecule has 0 fully saturated rings. The lowest BCUT2D eigenvalue weighted by Gasteiger charge is -2.09. The second kappa shape index (κ2) is 5.79. The summed E-state index contributed by atoms with van der Waals surface area (Å²) >= 11 is 6.20. The number of benzene rings is 2. The summed E-state index contributed by atoms with van der Waals surface area (Å²) < 4.78 is 43.9. The summed E-state index contributed by atoms with van der Waals surface area (Å²) in [6.07, 6.45) is 1.18. The number of fused-ring (bicyclic) bond motifs is 1. The van der Waals surface area contributed by atoms with E-state index in [0.717, 1.165) is 6.07 Å². The van der Waals surface area contributed by atoms with Gasteiger partial charge in [0.05, 0.1) is 22.5 Å². The zero-order valence-electron chi connectivity index (χ0n) is 12.0. The van der Waals surface area contributed by atoms with Crippen LogP contribution in [0, 0.1) is 5.82 Å². The first-order valence-electron chi connectivity index (χ1n) is 6.56. The van der Waals surface area contributed by atoms with Crippen LogP contribution in [0.25, 0.3) is 10.9 Å². The fourth-order valence-electron chi connectivity index (χ4n) is 2.18. The minimum absolute atomic E-state index is 0.0506. The molecule has 0 bridgehead atoms. The zero-order valence-corrected chi connectivity index (χ0v) is 13.5. The Labute approximate surface area is 137 Å². The van der Waals surface area contributed by atoms with Crippen molar-refractivity contribution in [2.45, 2.75) is 9.79 Å². The number of pyridine rings is 1. The Bertz CT molecular complexity index is 988. The summed E-state index contributed by atoms with van der Waals surface area (Å²) in [4.78, 5) is 3.94. The number of sulfone groups is 1. The lowest BCUT2D eigenvalue weighted by atomic mass is 10.2.